The molecule has 0 radical (unpaired) electrons. The van der Waals surface area contributed by atoms with Gasteiger partial charge in [0, 0.05) is 12.1 Å². The maximum Gasteiger partial charge on any atom is 0.209 e. The summed E-state index contributed by atoms with van der Waals surface area (Å²) in [6, 6.07) is 6.81. The number of hydrogen-bond acceptors (Lipinski definition) is 4. The highest BCUT2D eigenvalue weighted by Crippen LogP contribution is 2.34. The van der Waals surface area contributed by atoms with Crippen LogP contribution in [0.4, 0.5) is 4.39 Å². The van der Waals surface area contributed by atoms with Gasteiger partial charge in [-0.05, 0) is 62.3 Å². The number of sulfonamides is 1. The lowest BCUT2D eigenvalue weighted by atomic mass is 9.83. The van der Waals surface area contributed by atoms with Crippen LogP contribution in [0.2, 0.25) is 0 Å². The Bertz CT molecular complexity index is 675. The quantitative estimate of drug-likeness (QED) is 0.805. The summed E-state index contributed by atoms with van der Waals surface area (Å²) < 4.78 is 45.0. The Morgan fingerprint density at radius 2 is 2.00 bits per heavy atom. The molecule has 0 bridgehead atoms. The minimum atomic E-state index is -3.20. The van der Waals surface area contributed by atoms with E-state index in [0.29, 0.717) is 12.5 Å². The predicted molar refractivity (Wildman–Crippen MR) is 95.5 cm³/mol. The monoisotopic (exact) mass is 370 g/mol. The van der Waals surface area contributed by atoms with E-state index in [0.717, 1.165) is 44.2 Å². The van der Waals surface area contributed by atoms with E-state index >= 15 is 0 Å². The molecule has 2 atom stereocenters. The molecular formula is C18H27FN2O3S. The Hall–Kier alpha value is -1.02. The molecule has 1 aliphatic heterocycles. The molecule has 3 rings (SSSR count). The van der Waals surface area contributed by atoms with Crippen molar-refractivity contribution < 1.29 is 17.5 Å². The molecule has 0 unspecified atom stereocenters. The van der Waals surface area contributed by atoms with Crippen LogP contribution in [-0.2, 0) is 14.8 Å². The molecule has 2 N–H and O–H groups in total. The van der Waals surface area contributed by atoms with Crippen LogP contribution in [0.25, 0.3) is 0 Å². The minimum absolute atomic E-state index is 0.0238. The Balaban J connectivity index is 1.45. The lowest BCUT2D eigenvalue weighted by Crippen LogP contribution is -2.46. The van der Waals surface area contributed by atoms with Crippen LogP contribution < -0.4 is 10.0 Å². The highest BCUT2D eigenvalue weighted by atomic mass is 32.2. The lowest BCUT2D eigenvalue weighted by molar-refractivity contribution is 0.0126. The van der Waals surface area contributed by atoms with Crippen molar-refractivity contribution in [3.05, 3.63) is 35.6 Å². The van der Waals surface area contributed by atoms with Gasteiger partial charge in [0.1, 0.15) is 5.82 Å². The van der Waals surface area contributed by atoms with Crippen LogP contribution in [0.15, 0.2) is 24.3 Å². The second-order valence-electron chi connectivity index (χ2n) is 7.21. The van der Waals surface area contributed by atoms with Gasteiger partial charge in [0.25, 0.3) is 0 Å². The fourth-order valence-corrected chi connectivity index (χ4v) is 4.75. The first-order valence-corrected chi connectivity index (χ1v) is 10.9. The van der Waals surface area contributed by atoms with E-state index in [1.807, 2.05) is 6.07 Å². The predicted octanol–water partition coefficient (Wildman–Crippen LogP) is 2.15. The van der Waals surface area contributed by atoms with Gasteiger partial charge >= 0.3 is 0 Å². The van der Waals surface area contributed by atoms with Crippen molar-refractivity contribution in [3.8, 4) is 0 Å². The maximum absolute atomic E-state index is 13.4. The molecule has 1 saturated heterocycles. The van der Waals surface area contributed by atoms with Gasteiger partial charge in [0.2, 0.25) is 10.0 Å². The summed E-state index contributed by atoms with van der Waals surface area (Å²) in [5.74, 6) is 0.229. The zero-order chi connectivity index (χ0) is 17.9. The largest absolute Gasteiger partial charge is 0.377 e. The topological polar surface area (TPSA) is 67.4 Å². The Kier molecular flexibility index (Phi) is 6.09. The second kappa shape index (κ2) is 8.12. The third-order valence-corrected chi connectivity index (χ3v) is 5.95. The van der Waals surface area contributed by atoms with Gasteiger partial charge < -0.3 is 10.1 Å². The Morgan fingerprint density at radius 3 is 2.68 bits per heavy atom. The average Bonchev–Trinajstić information content (AvgIpc) is 2.98. The standard InChI is InChI=1S/C18H27FN2O3S/c1-25(22,23)21-17-9-10-20-18(17)12-24-16-7-5-13(6-8-16)14-3-2-4-15(19)11-14/h2-4,11,13,16-18,20-21H,5-10,12H2,1H3/t13?,16?,17-,18-/m0/s1. The molecule has 1 aliphatic carbocycles. The van der Waals surface area contributed by atoms with Crippen molar-refractivity contribution in [2.45, 2.75) is 56.2 Å². The first-order chi connectivity index (χ1) is 11.9. The fourth-order valence-electron chi connectivity index (χ4n) is 3.92. The van der Waals surface area contributed by atoms with E-state index in [4.69, 9.17) is 4.74 Å². The highest BCUT2D eigenvalue weighted by Gasteiger charge is 2.31. The molecular weight excluding hydrogens is 343 g/mol. The third kappa shape index (κ3) is 5.48. The molecule has 1 aromatic rings. The van der Waals surface area contributed by atoms with Crippen molar-refractivity contribution >= 4 is 10.0 Å². The third-order valence-electron chi connectivity index (χ3n) is 5.22. The van der Waals surface area contributed by atoms with Gasteiger partial charge in [-0.25, -0.2) is 17.5 Å². The van der Waals surface area contributed by atoms with Crippen molar-refractivity contribution in [1.82, 2.24) is 10.0 Å². The summed E-state index contributed by atoms with van der Waals surface area (Å²) in [4.78, 5) is 0. The number of hydrogen-bond donors (Lipinski definition) is 2. The Morgan fingerprint density at radius 1 is 1.24 bits per heavy atom. The molecule has 2 aliphatic rings. The van der Waals surface area contributed by atoms with Crippen molar-refractivity contribution in [2.75, 3.05) is 19.4 Å². The van der Waals surface area contributed by atoms with Crippen LogP contribution in [0.5, 0.6) is 0 Å². The van der Waals surface area contributed by atoms with Crippen LogP contribution in [0, 0.1) is 5.82 Å². The molecule has 7 heteroatoms. The van der Waals surface area contributed by atoms with Crippen molar-refractivity contribution in [2.24, 2.45) is 0 Å². The summed E-state index contributed by atoms with van der Waals surface area (Å²) in [5.41, 5.74) is 1.08. The molecule has 25 heavy (non-hydrogen) atoms. The molecule has 1 heterocycles. The number of ether oxygens (including phenoxy) is 1. The van der Waals surface area contributed by atoms with Gasteiger partial charge in [-0.2, -0.15) is 0 Å². The molecule has 1 saturated carbocycles. The van der Waals surface area contributed by atoms with Crippen LogP contribution in [0.3, 0.4) is 0 Å². The molecule has 2 fully saturated rings. The van der Waals surface area contributed by atoms with E-state index in [9.17, 15) is 12.8 Å². The zero-order valence-corrected chi connectivity index (χ0v) is 15.4. The van der Waals surface area contributed by atoms with E-state index in [1.165, 1.54) is 12.3 Å². The molecule has 140 valence electrons. The van der Waals surface area contributed by atoms with E-state index in [2.05, 4.69) is 10.0 Å². The summed E-state index contributed by atoms with van der Waals surface area (Å²) in [6.45, 7) is 1.32. The minimum Gasteiger partial charge on any atom is -0.377 e. The normalized spacial score (nSPS) is 30.5. The molecule has 0 spiro atoms. The summed E-state index contributed by atoms with van der Waals surface area (Å²) in [5, 5.41) is 3.32. The lowest BCUT2D eigenvalue weighted by Gasteiger charge is -2.30. The average molecular weight is 370 g/mol. The summed E-state index contributed by atoms with van der Waals surface area (Å²) >= 11 is 0. The first kappa shape index (κ1) is 18.8. The SMILES string of the molecule is CS(=O)(=O)N[C@H]1CCN[C@H]1COC1CCC(c2cccc(F)c2)CC1. The molecule has 0 amide bonds. The zero-order valence-electron chi connectivity index (χ0n) is 14.6. The van der Waals surface area contributed by atoms with Gasteiger partial charge in [-0.3, -0.25) is 0 Å². The van der Waals surface area contributed by atoms with Crippen LogP contribution >= 0.6 is 0 Å². The number of benzene rings is 1. The number of nitrogens with one attached hydrogen (secondary N) is 2. The van der Waals surface area contributed by atoms with Crippen LogP contribution in [0.1, 0.15) is 43.6 Å². The van der Waals surface area contributed by atoms with Crippen molar-refractivity contribution in [1.29, 1.82) is 0 Å². The van der Waals surface area contributed by atoms with E-state index < -0.39 is 10.0 Å². The van der Waals surface area contributed by atoms with Gasteiger partial charge in [0.05, 0.1) is 19.0 Å². The van der Waals surface area contributed by atoms with E-state index in [1.54, 1.807) is 12.1 Å². The summed E-state index contributed by atoms with van der Waals surface area (Å²) in [7, 11) is -3.20. The maximum atomic E-state index is 13.4. The first-order valence-electron chi connectivity index (χ1n) is 8.98. The summed E-state index contributed by atoms with van der Waals surface area (Å²) in [6.07, 6.45) is 6.08. The highest BCUT2D eigenvalue weighted by molar-refractivity contribution is 7.88. The van der Waals surface area contributed by atoms with Gasteiger partial charge in [0.15, 0.2) is 0 Å². The van der Waals surface area contributed by atoms with Gasteiger partial charge in [-0.1, -0.05) is 12.1 Å². The number of halogens is 1. The van der Waals surface area contributed by atoms with Crippen molar-refractivity contribution in [3.63, 3.8) is 0 Å². The van der Waals surface area contributed by atoms with Crippen LogP contribution in [-0.4, -0.2) is 46.0 Å². The number of rotatable bonds is 6. The molecule has 1 aromatic carbocycles. The molecule has 5 nitrogen and oxygen atoms in total. The molecule has 0 aromatic heterocycles. The second-order valence-corrected chi connectivity index (χ2v) is 8.99. The fraction of sp³-hybridized carbons (Fsp3) is 0.667. The Labute approximate surface area is 149 Å². The van der Waals surface area contributed by atoms with E-state index in [-0.39, 0.29) is 24.0 Å². The van der Waals surface area contributed by atoms with Gasteiger partial charge in [-0.15, -0.1) is 0 Å². The smallest absolute Gasteiger partial charge is 0.209 e.